The van der Waals surface area contributed by atoms with Gasteiger partial charge in [-0.1, -0.05) is 29.8 Å². The van der Waals surface area contributed by atoms with E-state index in [1.165, 1.54) is 12.1 Å². The van der Waals surface area contributed by atoms with Crippen LogP contribution in [0.5, 0.6) is 5.75 Å². The van der Waals surface area contributed by atoms with Crippen molar-refractivity contribution in [1.82, 2.24) is 4.98 Å². The first-order chi connectivity index (χ1) is 11.0. The fourth-order valence-electron chi connectivity index (χ4n) is 2.28. The quantitative estimate of drug-likeness (QED) is 0.508. The van der Waals surface area contributed by atoms with Crippen LogP contribution in [0.15, 0.2) is 48.5 Å². The molecule has 4 N–H and O–H groups in total. The zero-order valence-electron chi connectivity index (χ0n) is 12.1. The first-order valence-electron chi connectivity index (χ1n) is 6.95. The van der Waals surface area contributed by atoms with Crippen LogP contribution in [0.3, 0.4) is 0 Å². The number of nitrogens with zero attached hydrogens (tertiary/aromatic N) is 1. The van der Waals surface area contributed by atoms with Crippen molar-refractivity contribution in [3.63, 3.8) is 0 Å². The van der Waals surface area contributed by atoms with Gasteiger partial charge in [0.25, 0.3) is 0 Å². The third-order valence-electron chi connectivity index (χ3n) is 3.38. The molecular formula is C17H14ClN3O2. The van der Waals surface area contributed by atoms with Crippen LogP contribution >= 0.6 is 11.6 Å². The first kappa shape index (κ1) is 15.1. The van der Waals surface area contributed by atoms with Gasteiger partial charge < -0.3 is 16.2 Å². The number of para-hydroxylation sites is 1. The van der Waals surface area contributed by atoms with Gasteiger partial charge in [-0.15, -0.1) is 0 Å². The number of rotatable bonds is 3. The molecule has 116 valence electrons. The van der Waals surface area contributed by atoms with E-state index in [0.29, 0.717) is 21.9 Å². The van der Waals surface area contributed by atoms with Crippen molar-refractivity contribution in [2.24, 2.45) is 0 Å². The van der Waals surface area contributed by atoms with Gasteiger partial charge in [0.15, 0.2) is 0 Å². The van der Waals surface area contributed by atoms with E-state index in [0.717, 1.165) is 5.39 Å². The normalized spacial score (nSPS) is 10.7. The number of halogens is 1. The highest BCUT2D eigenvalue weighted by Gasteiger charge is 2.10. The number of hydrogen-bond acceptors (Lipinski definition) is 4. The molecule has 0 saturated carbocycles. The average molecular weight is 328 g/mol. The predicted octanol–water partition coefficient (Wildman–Crippen LogP) is 3.36. The lowest BCUT2D eigenvalue weighted by Gasteiger charge is -2.08. The molecule has 0 saturated heterocycles. The van der Waals surface area contributed by atoms with Crippen molar-refractivity contribution in [2.75, 3.05) is 11.1 Å². The van der Waals surface area contributed by atoms with Gasteiger partial charge >= 0.3 is 0 Å². The number of nitrogens with one attached hydrogen (secondary N) is 1. The molecule has 0 aliphatic rings. The zero-order chi connectivity index (χ0) is 16.4. The molecule has 0 atom stereocenters. The van der Waals surface area contributed by atoms with E-state index in [9.17, 15) is 9.90 Å². The van der Waals surface area contributed by atoms with Crippen LogP contribution < -0.4 is 11.1 Å². The Balaban J connectivity index is 1.80. The molecule has 0 aliphatic heterocycles. The Hall–Kier alpha value is -2.79. The summed E-state index contributed by atoms with van der Waals surface area (Å²) in [6, 6.07) is 13.6. The summed E-state index contributed by atoms with van der Waals surface area (Å²) in [5, 5.41) is 13.7. The Kier molecular flexibility index (Phi) is 4.04. The van der Waals surface area contributed by atoms with Gasteiger partial charge in [0, 0.05) is 10.4 Å². The van der Waals surface area contributed by atoms with Crippen LogP contribution in [0.1, 0.15) is 5.69 Å². The lowest BCUT2D eigenvalue weighted by Crippen LogP contribution is -2.15. The third kappa shape index (κ3) is 3.35. The van der Waals surface area contributed by atoms with Crippen molar-refractivity contribution in [3.8, 4) is 5.75 Å². The fraction of sp³-hybridized carbons (Fsp3) is 0.0588. The van der Waals surface area contributed by atoms with Crippen molar-refractivity contribution < 1.29 is 9.90 Å². The molecule has 1 amide bonds. The number of carbonyl (C=O) groups is 1. The molecule has 0 bridgehead atoms. The monoisotopic (exact) mass is 327 g/mol. The summed E-state index contributed by atoms with van der Waals surface area (Å²) < 4.78 is 0. The maximum absolute atomic E-state index is 12.1. The second-order valence-corrected chi connectivity index (χ2v) is 5.54. The number of fused-ring (bicyclic) bond motifs is 1. The smallest absolute Gasteiger partial charge is 0.230 e. The number of pyridine rings is 1. The number of hydrogen-bond donors (Lipinski definition) is 3. The van der Waals surface area contributed by atoms with Crippen molar-refractivity contribution in [2.45, 2.75) is 6.42 Å². The second kappa shape index (κ2) is 6.14. The van der Waals surface area contributed by atoms with Gasteiger partial charge in [-0.25, -0.2) is 0 Å². The second-order valence-electron chi connectivity index (χ2n) is 5.11. The van der Waals surface area contributed by atoms with Gasteiger partial charge in [-0.3, -0.25) is 9.78 Å². The van der Waals surface area contributed by atoms with Crippen LogP contribution in [0.25, 0.3) is 10.9 Å². The summed E-state index contributed by atoms with van der Waals surface area (Å²) in [6.45, 7) is 0. The summed E-state index contributed by atoms with van der Waals surface area (Å²) in [6.07, 6.45) is 0.0657. The molecule has 0 spiro atoms. The highest BCUT2D eigenvalue weighted by Crippen LogP contribution is 2.26. The van der Waals surface area contributed by atoms with Gasteiger partial charge in [0.2, 0.25) is 5.91 Å². The Bertz CT molecular complexity index is 896. The van der Waals surface area contributed by atoms with E-state index in [4.69, 9.17) is 17.3 Å². The van der Waals surface area contributed by atoms with E-state index in [2.05, 4.69) is 10.3 Å². The van der Waals surface area contributed by atoms with Crippen molar-refractivity contribution in [3.05, 3.63) is 59.2 Å². The number of nitrogens with two attached hydrogens (primary N) is 1. The SMILES string of the molecule is Nc1cccc2ccc(CC(=O)Nc3cc(Cl)ccc3O)nc12. The summed E-state index contributed by atoms with van der Waals surface area (Å²) in [7, 11) is 0. The van der Waals surface area contributed by atoms with Crippen molar-refractivity contribution >= 4 is 39.8 Å². The summed E-state index contributed by atoms with van der Waals surface area (Å²) in [4.78, 5) is 16.6. The zero-order valence-corrected chi connectivity index (χ0v) is 12.8. The Morgan fingerprint density at radius 1 is 1.22 bits per heavy atom. The molecule has 2 aromatic carbocycles. The molecule has 0 radical (unpaired) electrons. The number of amides is 1. The number of aromatic hydroxyl groups is 1. The lowest BCUT2D eigenvalue weighted by molar-refractivity contribution is -0.115. The molecule has 1 heterocycles. The largest absolute Gasteiger partial charge is 0.506 e. The molecule has 3 aromatic rings. The fourth-order valence-corrected chi connectivity index (χ4v) is 2.45. The van der Waals surface area contributed by atoms with Crippen LogP contribution in [-0.2, 0) is 11.2 Å². The van der Waals surface area contributed by atoms with E-state index < -0.39 is 0 Å². The minimum Gasteiger partial charge on any atom is -0.506 e. The number of nitrogen functional groups attached to an aromatic ring is 1. The van der Waals surface area contributed by atoms with Gasteiger partial charge in [0.05, 0.1) is 29.0 Å². The third-order valence-corrected chi connectivity index (χ3v) is 3.62. The molecule has 1 aromatic heterocycles. The average Bonchev–Trinajstić information content (AvgIpc) is 2.52. The molecule has 0 fully saturated rings. The number of phenols is 1. The number of carbonyl (C=O) groups excluding carboxylic acids is 1. The van der Waals surface area contributed by atoms with Crippen LogP contribution in [0, 0.1) is 0 Å². The van der Waals surface area contributed by atoms with Crippen LogP contribution in [-0.4, -0.2) is 16.0 Å². The minimum absolute atomic E-state index is 0.0431. The maximum atomic E-state index is 12.1. The molecular weight excluding hydrogens is 314 g/mol. The van der Waals surface area contributed by atoms with Gasteiger partial charge in [-0.05, 0) is 30.3 Å². The Morgan fingerprint density at radius 2 is 2.04 bits per heavy atom. The van der Waals surface area contributed by atoms with Gasteiger partial charge in [0.1, 0.15) is 5.75 Å². The Morgan fingerprint density at radius 3 is 2.87 bits per heavy atom. The summed E-state index contributed by atoms with van der Waals surface area (Å²) in [5.41, 5.74) is 8.00. The van der Waals surface area contributed by atoms with Crippen LogP contribution in [0.4, 0.5) is 11.4 Å². The number of anilines is 2. The lowest BCUT2D eigenvalue weighted by atomic mass is 10.1. The highest BCUT2D eigenvalue weighted by atomic mass is 35.5. The molecule has 0 aliphatic carbocycles. The van der Waals surface area contributed by atoms with E-state index in [1.54, 1.807) is 18.2 Å². The first-order valence-corrected chi connectivity index (χ1v) is 7.33. The number of benzene rings is 2. The molecule has 3 rings (SSSR count). The molecule has 0 unspecified atom stereocenters. The summed E-state index contributed by atoms with van der Waals surface area (Å²) >= 11 is 5.85. The van der Waals surface area contributed by atoms with E-state index in [1.807, 2.05) is 18.2 Å². The molecule has 5 nitrogen and oxygen atoms in total. The van der Waals surface area contributed by atoms with E-state index >= 15 is 0 Å². The predicted molar refractivity (Wildman–Crippen MR) is 91.6 cm³/mol. The standard InChI is InChI=1S/C17H14ClN3O2/c18-11-5-7-15(22)14(8-11)21-16(23)9-12-6-4-10-2-1-3-13(19)17(10)20-12/h1-8,22H,9,19H2,(H,21,23). The topological polar surface area (TPSA) is 88.2 Å². The minimum atomic E-state index is -0.302. The molecule has 23 heavy (non-hydrogen) atoms. The van der Waals surface area contributed by atoms with Crippen molar-refractivity contribution in [1.29, 1.82) is 0 Å². The number of aromatic nitrogens is 1. The maximum Gasteiger partial charge on any atom is 0.230 e. The Labute approximate surface area is 137 Å². The molecule has 6 heteroatoms. The summed E-state index contributed by atoms with van der Waals surface area (Å²) in [5.74, 6) is -0.345. The van der Waals surface area contributed by atoms with Gasteiger partial charge in [-0.2, -0.15) is 0 Å². The highest BCUT2D eigenvalue weighted by molar-refractivity contribution is 6.31. The van der Waals surface area contributed by atoms with E-state index in [-0.39, 0.29) is 23.8 Å². The van der Waals surface area contributed by atoms with Crippen LogP contribution in [0.2, 0.25) is 5.02 Å². The number of phenolic OH excluding ortho intramolecular Hbond substituents is 1.